The summed E-state index contributed by atoms with van der Waals surface area (Å²) in [5.41, 5.74) is 6.97. The predicted molar refractivity (Wildman–Crippen MR) is 79.9 cm³/mol. The van der Waals surface area contributed by atoms with Crippen LogP contribution in [0, 0.1) is 5.92 Å². The largest absolute Gasteiger partial charge is 0.338 e. The van der Waals surface area contributed by atoms with Gasteiger partial charge in [0.05, 0.1) is 6.54 Å². The smallest absolute Gasteiger partial charge is 0.237 e. The molecule has 110 valence electrons. The number of amides is 1. The van der Waals surface area contributed by atoms with Crippen molar-refractivity contribution in [2.75, 3.05) is 32.7 Å². The molecule has 2 N–H and O–H groups in total. The summed E-state index contributed by atoms with van der Waals surface area (Å²) < 4.78 is 0. The van der Waals surface area contributed by atoms with Crippen molar-refractivity contribution in [3.05, 3.63) is 12.2 Å². The van der Waals surface area contributed by atoms with E-state index in [2.05, 4.69) is 18.4 Å². The van der Waals surface area contributed by atoms with E-state index in [9.17, 15) is 4.79 Å². The highest BCUT2D eigenvalue weighted by atomic mass is 16.2. The Kier molecular flexibility index (Phi) is 6.52. The van der Waals surface area contributed by atoms with Crippen LogP contribution < -0.4 is 5.73 Å². The van der Waals surface area contributed by atoms with Crippen LogP contribution in [0.15, 0.2) is 12.2 Å². The molecule has 4 heteroatoms. The number of hydrogen-bond donors (Lipinski definition) is 1. The van der Waals surface area contributed by atoms with Gasteiger partial charge < -0.3 is 10.6 Å². The molecule has 0 aliphatic carbocycles. The molecule has 19 heavy (non-hydrogen) atoms. The van der Waals surface area contributed by atoms with Crippen LogP contribution in [0.5, 0.6) is 0 Å². The van der Waals surface area contributed by atoms with Gasteiger partial charge in [0.15, 0.2) is 0 Å². The molecule has 1 fully saturated rings. The van der Waals surface area contributed by atoms with Crippen LogP contribution in [-0.4, -0.2) is 54.5 Å². The van der Waals surface area contributed by atoms with Crippen LogP contribution in [0.2, 0.25) is 0 Å². The highest BCUT2D eigenvalue weighted by Gasteiger charge is 2.24. The van der Waals surface area contributed by atoms with Gasteiger partial charge in [0.2, 0.25) is 5.91 Å². The molecule has 1 amide bonds. The molecule has 0 aromatic heterocycles. The SMILES string of the molecule is C=C(C)CN(CC)C(=O)CN1CCC(C(C)N)CC1. The summed E-state index contributed by atoms with van der Waals surface area (Å²) in [6.07, 6.45) is 2.22. The first-order valence-electron chi connectivity index (χ1n) is 7.34. The Hall–Kier alpha value is -0.870. The monoisotopic (exact) mass is 267 g/mol. The van der Waals surface area contributed by atoms with E-state index in [1.165, 1.54) is 0 Å². The van der Waals surface area contributed by atoms with E-state index in [-0.39, 0.29) is 11.9 Å². The van der Waals surface area contributed by atoms with Crippen LogP contribution in [0.25, 0.3) is 0 Å². The first kappa shape index (κ1) is 16.2. The Morgan fingerprint density at radius 2 is 2.05 bits per heavy atom. The molecule has 1 unspecified atom stereocenters. The van der Waals surface area contributed by atoms with Crippen LogP contribution in [0.1, 0.15) is 33.6 Å². The first-order valence-corrected chi connectivity index (χ1v) is 7.34. The lowest BCUT2D eigenvalue weighted by Crippen LogP contribution is -2.45. The molecule has 1 aliphatic rings. The van der Waals surface area contributed by atoms with Gasteiger partial charge in [0.25, 0.3) is 0 Å². The van der Waals surface area contributed by atoms with Gasteiger partial charge >= 0.3 is 0 Å². The number of hydrogen-bond acceptors (Lipinski definition) is 3. The van der Waals surface area contributed by atoms with Gasteiger partial charge in [-0.05, 0) is 52.6 Å². The van der Waals surface area contributed by atoms with Gasteiger partial charge in [0, 0.05) is 19.1 Å². The first-order chi connectivity index (χ1) is 8.93. The zero-order valence-corrected chi connectivity index (χ0v) is 12.7. The molecule has 0 saturated carbocycles. The molecule has 1 atom stereocenters. The van der Waals surface area contributed by atoms with Gasteiger partial charge in [-0.3, -0.25) is 9.69 Å². The second-order valence-corrected chi connectivity index (χ2v) is 5.84. The van der Waals surface area contributed by atoms with Gasteiger partial charge in [-0.25, -0.2) is 0 Å². The number of nitrogens with two attached hydrogens (primary N) is 1. The third kappa shape index (κ3) is 5.33. The Labute approximate surface area is 117 Å². The third-order valence-electron chi connectivity index (χ3n) is 3.93. The maximum Gasteiger partial charge on any atom is 0.237 e. The standard InChI is InChI=1S/C15H29N3O/c1-5-18(10-12(2)3)15(19)11-17-8-6-14(7-9-17)13(4)16/h13-14H,2,5-11,16H2,1,3-4H3. The van der Waals surface area contributed by atoms with E-state index in [0.29, 0.717) is 19.0 Å². The lowest BCUT2D eigenvalue weighted by Gasteiger charge is -2.34. The Morgan fingerprint density at radius 1 is 1.47 bits per heavy atom. The second-order valence-electron chi connectivity index (χ2n) is 5.84. The van der Waals surface area contributed by atoms with E-state index in [4.69, 9.17) is 5.73 Å². The summed E-state index contributed by atoms with van der Waals surface area (Å²) >= 11 is 0. The number of likely N-dealkylation sites (tertiary alicyclic amines) is 1. The van der Waals surface area contributed by atoms with Crippen molar-refractivity contribution < 1.29 is 4.79 Å². The number of carbonyl (C=O) groups is 1. The zero-order chi connectivity index (χ0) is 14.4. The van der Waals surface area contributed by atoms with Crippen molar-refractivity contribution in [2.24, 2.45) is 11.7 Å². The topological polar surface area (TPSA) is 49.6 Å². The molecule has 1 aliphatic heterocycles. The highest BCUT2D eigenvalue weighted by Crippen LogP contribution is 2.19. The Balaban J connectivity index is 2.39. The zero-order valence-electron chi connectivity index (χ0n) is 12.7. The average Bonchev–Trinajstić information content (AvgIpc) is 2.36. The van der Waals surface area contributed by atoms with Crippen LogP contribution in [-0.2, 0) is 4.79 Å². The van der Waals surface area contributed by atoms with Gasteiger partial charge in [-0.1, -0.05) is 12.2 Å². The quantitative estimate of drug-likeness (QED) is 0.741. The highest BCUT2D eigenvalue weighted by molar-refractivity contribution is 5.78. The molecule has 1 saturated heterocycles. The molecule has 0 bridgehead atoms. The summed E-state index contributed by atoms with van der Waals surface area (Å²) in [4.78, 5) is 16.3. The second kappa shape index (κ2) is 7.65. The average molecular weight is 267 g/mol. The molecule has 0 spiro atoms. The molecule has 0 radical (unpaired) electrons. The van der Waals surface area contributed by atoms with Crippen molar-refractivity contribution in [3.8, 4) is 0 Å². The minimum absolute atomic E-state index is 0.213. The molecule has 1 rings (SSSR count). The number of rotatable bonds is 6. The van der Waals surface area contributed by atoms with E-state index in [1.807, 2.05) is 18.7 Å². The van der Waals surface area contributed by atoms with E-state index in [1.54, 1.807) is 0 Å². The van der Waals surface area contributed by atoms with E-state index < -0.39 is 0 Å². The minimum atomic E-state index is 0.213. The maximum absolute atomic E-state index is 12.2. The summed E-state index contributed by atoms with van der Waals surface area (Å²) in [7, 11) is 0. The fraction of sp³-hybridized carbons (Fsp3) is 0.800. The Bertz CT molecular complexity index is 307. The lowest BCUT2D eigenvalue weighted by molar-refractivity contribution is -0.132. The molecular weight excluding hydrogens is 238 g/mol. The van der Waals surface area contributed by atoms with E-state index >= 15 is 0 Å². The van der Waals surface area contributed by atoms with Gasteiger partial charge in [-0.2, -0.15) is 0 Å². The third-order valence-corrected chi connectivity index (χ3v) is 3.93. The number of likely N-dealkylation sites (N-methyl/N-ethyl adjacent to an activating group) is 1. The predicted octanol–water partition coefficient (Wildman–Crippen LogP) is 1.47. The van der Waals surface area contributed by atoms with Crippen molar-refractivity contribution in [1.29, 1.82) is 0 Å². The fourth-order valence-electron chi connectivity index (χ4n) is 2.63. The number of carbonyl (C=O) groups excluding carboxylic acids is 1. The van der Waals surface area contributed by atoms with Crippen LogP contribution in [0.3, 0.4) is 0 Å². The molecule has 4 nitrogen and oxygen atoms in total. The normalized spacial score (nSPS) is 19.2. The number of piperidine rings is 1. The Morgan fingerprint density at radius 3 is 2.47 bits per heavy atom. The summed E-state index contributed by atoms with van der Waals surface area (Å²) in [5, 5.41) is 0. The van der Waals surface area contributed by atoms with Gasteiger partial charge in [0.1, 0.15) is 0 Å². The fourth-order valence-corrected chi connectivity index (χ4v) is 2.63. The minimum Gasteiger partial charge on any atom is -0.338 e. The summed E-state index contributed by atoms with van der Waals surface area (Å²) in [6, 6.07) is 0.272. The molecule has 1 heterocycles. The lowest BCUT2D eigenvalue weighted by atomic mass is 9.91. The summed E-state index contributed by atoms with van der Waals surface area (Å²) in [6.45, 7) is 13.9. The van der Waals surface area contributed by atoms with Crippen LogP contribution in [0.4, 0.5) is 0 Å². The van der Waals surface area contributed by atoms with Crippen LogP contribution >= 0.6 is 0 Å². The van der Waals surface area contributed by atoms with Crippen molar-refractivity contribution in [3.63, 3.8) is 0 Å². The maximum atomic E-state index is 12.2. The molecule has 0 aromatic rings. The van der Waals surface area contributed by atoms with E-state index in [0.717, 1.165) is 38.0 Å². The molecule has 0 aromatic carbocycles. The van der Waals surface area contributed by atoms with Gasteiger partial charge in [-0.15, -0.1) is 0 Å². The van der Waals surface area contributed by atoms with Crippen molar-refractivity contribution in [1.82, 2.24) is 9.80 Å². The molecular formula is C15H29N3O. The summed E-state index contributed by atoms with van der Waals surface area (Å²) in [5.74, 6) is 0.828. The van der Waals surface area contributed by atoms with Crippen molar-refractivity contribution >= 4 is 5.91 Å². The van der Waals surface area contributed by atoms with Crippen molar-refractivity contribution in [2.45, 2.75) is 39.7 Å². The number of nitrogens with zero attached hydrogens (tertiary/aromatic N) is 2.